The number of nitrogens with one attached hydrogen (secondary N) is 2. The highest BCUT2D eigenvalue weighted by atomic mass is 32.1. The van der Waals surface area contributed by atoms with Crippen LogP contribution in [0.5, 0.6) is 0 Å². The van der Waals surface area contributed by atoms with Crippen molar-refractivity contribution >= 4 is 28.3 Å². The highest BCUT2D eigenvalue weighted by molar-refractivity contribution is 7.13. The van der Waals surface area contributed by atoms with Crippen molar-refractivity contribution in [2.75, 3.05) is 32.5 Å². The quantitative estimate of drug-likeness (QED) is 0.781. The summed E-state index contributed by atoms with van der Waals surface area (Å²) >= 11 is 1.38. The van der Waals surface area contributed by atoms with Crippen molar-refractivity contribution in [2.45, 2.75) is 6.92 Å². The lowest BCUT2D eigenvalue weighted by Crippen LogP contribution is -2.37. The summed E-state index contributed by atoms with van der Waals surface area (Å²) in [7, 11) is 3.27. The van der Waals surface area contributed by atoms with Crippen LogP contribution < -0.4 is 10.6 Å². The Hall–Kier alpha value is -1.47. The van der Waals surface area contributed by atoms with E-state index < -0.39 is 0 Å². The molecule has 6 nitrogen and oxygen atoms in total. The van der Waals surface area contributed by atoms with Crippen LogP contribution in [0.4, 0.5) is 5.13 Å². The molecule has 17 heavy (non-hydrogen) atoms. The first-order valence-corrected chi connectivity index (χ1v) is 6.00. The van der Waals surface area contributed by atoms with Crippen LogP contribution in [0, 0.1) is 6.92 Å². The number of hydrogen-bond acceptors (Lipinski definition) is 5. The van der Waals surface area contributed by atoms with Gasteiger partial charge in [-0.05, 0) is 14.0 Å². The summed E-state index contributed by atoms with van der Waals surface area (Å²) < 4.78 is 0. The van der Waals surface area contributed by atoms with Crippen LogP contribution in [0.3, 0.4) is 0 Å². The van der Waals surface area contributed by atoms with Crippen LogP contribution in [0.15, 0.2) is 5.38 Å². The van der Waals surface area contributed by atoms with Crippen LogP contribution in [0.2, 0.25) is 0 Å². The van der Waals surface area contributed by atoms with Gasteiger partial charge < -0.3 is 10.6 Å². The van der Waals surface area contributed by atoms with E-state index in [1.54, 1.807) is 19.0 Å². The molecule has 1 heterocycles. The smallest absolute Gasteiger partial charge is 0.240 e. The highest BCUT2D eigenvalue weighted by Crippen LogP contribution is 2.13. The van der Waals surface area contributed by atoms with Crippen LogP contribution in [-0.2, 0) is 9.59 Å². The van der Waals surface area contributed by atoms with Gasteiger partial charge in [0.25, 0.3) is 0 Å². The van der Waals surface area contributed by atoms with Crippen LogP contribution in [0.25, 0.3) is 0 Å². The van der Waals surface area contributed by atoms with Gasteiger partial charge >= 0.3 is 0 Å². The van der Waals surface area contributed by atoms with E-state index in [0.717, 1.165) is 5.69 Å². The summed E-state index contributed by atoms with van der Waals surface area (Å²) in [6, 6.07) is 0. The van der Waals surface area contributed by atoms with E-state index >= 15 is 0 Å². The second kappa shape index (κ2) is 6.31. The SMILES string of the molecule is CNC(=O)CN(C)CC(=O)Nc1nc(C)cs1. The zero-order valence-electron chi connectivity index (χ0n) is 10.1. The molecule has 1 rings (SSSR count). The van der Waals surface area contributed by atoms with E-state index in [4.69, 9.17) is 0 Å². The minimum atomic E-state index is -0.175. The second-order valence-electron chi connectivity index (χ2n) is 3.69. The molecule has 0 aliphatic carbocycles. The fourth-order valence-electron chi connectivity index (χ4n) is 1.20. The number of rotatable bonds is 5. The van der Waals surface area contributed by atoms with E-state index in [2.05, 4.69) is 15.6 Å². The van der Waals surface area contributed by atoms with E-state index in [-0.39, 0.29) is 24.9 Å². The number of likely N-dealkylation sites (N-methyl/N-ethyl adjacent to an activating group) is 2. The number of hydrogen-bond donors (Lipinski definition) is 2. The van der Waals surface area contributed by atoms with Gasteiger partial charge in [0.15, 0.2) is 5.13 Å². The van der Waals surface area contributed by atoms with Gasteiger partial charge in [-0.15, -0.1) is 11.3 Å². The third kappa shape index (κ3) is 4.92. The second-order valence-corrected chi connectivity index (χ2v) is 4.55. The lowest BCUT2D eigenvalue weighted by atomic mass is 10.4. The zero-order valence-corrected chi connectivity index (χ0v) is 10.9. The topological polar surface area (TPSA) is 74.3 Å². The predicted molar refractivity (Wildman–Crippen MR) is 67.0 cm³/mol. The lowest BCUT2D eigenvalue weighted by Gasteiger charge is -2.14. The number of nitrogens with zero attached hydrogens (tertiary/aromatic N) is 2. The Bertz CT molecular complexity index is 405. The summed E-state index contributed by atoms with van der Waals surface area (Å²) in [5.74, 6) is -0.295. The normalized spacial score (nSPS) is 10.4. The number of carbonyl (C=O) groups is 2. The van der Waals surface area contributed by atoms with Crippen LogP contribution in [0.1, 0.15) is 5.69 Å². The van der Waals surface area contributed by atoms with Crippen molar-refractivity contribution in [1.29, 1.82) is 0 Å². The molecule has 1 aromatic heterocycles. The molecule has 0 aliphatic heterocycles. The van der Waals surface area contributed by atoms with Crippen molar-refractivity contribution < 1.29 is 9.59 Å². The third-order valence-electron chi connectivity index (χ3n) is 1.97. The van der Waals surface area contributed by atoms with Gasteiger partial charge in [0.1, 0.15) is 0 Å². The molecule has 0 radical (unpaired) electrons. The monoisotopic (exact) mass is 256 g/mol. The molecule has 94 valence electrons. The fraction of sp³-hybridized carbons (Fsp3) is 0.500. The Morgan fingerprint density at radius 1 is 1.41 bits per heavy atom. The molecule has 0 spiro atoms. The predicted octanol–water partition coefficient (Wildman–Crippen LogP) is 0.0678. The molecule has 0 bridgehead atoms. The molecule has 0 atom stereocenters. The summed E-state index contributed by atoms with van der Waals surface area (Å²) in [5, 5.41) is 7.63. The van der Waals surface area contributed by atoms with Gasteiger partial charge in [-0.25, -0.2) is 4.98 Å². The molecule has 0 saturated carbocycles. The fourth-order valence-corrected chi connectivity index (χ4v) is 1.90. The number of anilines is 1. The summed E-state index contributed by atoms with van der Waals surface area (Å²) in [6.07, 6.45) is 0. The minimum absolute atomic E-state index is 0.120. The average Bonchev–Trinajstić information content (AvgIpc) is 2.63. The molecular formula is C10H16N4O2S. The highest BCUT2D eigenvalue weighted by Gasteiger charge is 2.10. The van der Waals surface area contributed by atoms with Gasteiger partial charge in [-0.2, -0.15) is 0 Å². The van der Waals surface area contributed by atoms with Crippen molar-refractivity contribution in [3.63, 3.8) is 0 Å². The van der Waals surface area contributed by atoms with E-state index in [9.17, 15) is 9.59 Å². The Morgan fingerprint density at radius 2 is 2.06 bits per heavy atom. The molecule has 0 aliphatic rings. The number of thiazole rings is 1. The maximum atomic E-state index is 11.6. The number of amides is 2. The van der Waals surface area contributed by atoms with Gasteiger partial charge in [0, 0.05) is 12.4 Å². The Morgan fingerprint density at radius 3 is 2.59 bits per heavy atom. The molecule has 0 fully saturated rings. The number of carbonyl (C=O) groups excluding carboxylic acids is 2. The van der Waals surface area contributed by atoms with E-state index in [0.29, 0.717) is 5.13 Å². The van der Waals surface area contributed by atoms with Gasteiger partial charge in [0.2, 0.25) is 11.8 Å². The molecule has 0 saturated heterocycles. The largest absolute Gasteiger partial charge is 0.358 e. The first kappa shape index (κ1) is 13.6. The maximum absolute atomic E-state index is 11.6. The zero-order chi connectivity index (χ0) is 12.8. The average molecular weight is 256 g/mol. The van der Waals surface area contributed by atoms with Crippen LogP contribution >= 0.6 is 11.3 Å². The lowest BCUT2D eigenvalue weighted by molar-refractivity contribution is -0.122. The molecule has 0 unspecified atom stereocenters. The summed E-state index contributed by atoms with van der Waals surface area (Å²) in [6.45, 7) is 2.22. The first-order chi connectivity index (χ1) is 8.01. The van der Waals surface area contributed by atoms with Crippen LogP contribution in [-0.4, -0.2) is 48.9 Å². The molecule has 2 N–H and O–H groups in total. The maximum Gasteiger partial charge on any atom is 0.240 e. The van der Waals surface area contributed by atoms with Crippen molar-refractivity contribution in [2.24, 2.45) is 0 Å². The minimum Gasteiger partial charge on any atom is -0.358 e. The molecule has 2 amide bonds. The Labute approximate surface area is 104 Å². The number of aryl methyl sites for hydroxylation is 1. The Kier molecular flexibility index (Phi) is 5.05. The van der Waals surface area contributed by atoms with E-state index in [1.807, 2.05) is 12.3 Å². The molecule has 0 aromatic carbocycles. The standard InChI is InChI=1S/C10H16N4O2S/c1-7-6-17-10(12-7)13-9(16)5-14(3)4-8(15)11-2/h6H,4-5H2,1-3H3,(H,11,15)(H,12,13,16). The van der Waals surface area contributed by atoms with Crippen molar-refractivity contribution in [3.05, 3.63) is 11.1 Å². The molecular weight excluding hydrogens is 240 g/mol. The first-order valence-electron chi connectivity index (χ1n) is 5.12. The third-order valence-corrected chi connectivity index (χ3v) is 2.85. The molecule has 7 heteroatoms. The van der Waals surface area contributed by atoms with Crippen molar-refractivity contribution in [1.82, 2.24) is 15.2 Å². The van der Waals surface area contributed by atoms with Gasteiger partial charge in [-0.1, -0.05) is 0 Å². The van der Waals surface area contributed by atoms with Gasteiger partial charge in [0.05, 0.1) is 18.8 Å². The summed E-state index contributed by atoms with van der Waals surface area (Å²) in [4.78, 5) is 28.4. The van der Waals surface area contributed by atoms with E-state index in [1.165, 1.54) is 11.3 Å². The molecule has 1 aromatic rings. The summed E-state index contributed by atoms with van der Waals surface area (Å²) in [5.41, 5.74) is 0.879. The number of aromatic nitrogens is 1. The van der Waals surface area contributed by atoms with Crippen molar-refractivity contribution in [3.8, 4) is 0 Å². The Balaban J connectivity index is 2.36. The van der Waals surface area contributed by atoms with Gasteiger partial charge in [-0.3, -0.25) is 14.5 Å².